The van der Waals surface area contributed by atoms with Crippen LogP contribution in [-0.2, 0) is 12.8 Å². The molecule has 1 N–H and O–H groups in total. The summed E-state index contributed by atoms with van der Waals surface area (Å²) in [5.74, 6) is 2.12. The van der Waals surface area contributed by atoms with Crippen LogP contribution in [0.15, 0.2) is 53.0 Å². The number of nitrogens with zero attached hydrogens (tertiary/aromatic N) is 4. The molecule has 2 heterocycles. The van der Waals surface area contributed by atoms with E-state index >= 15 is 0 Å². The first-order valence-corrected chi connectivity index (χ1v) is 10.8. The fraction of sp³-hybridized carbons (Fsp3) is 0.190. The topological polar surface area (TPSA) is 73.1 Å². The number of aryl methyl sites for hydroxylation is 1. The van der Waals surface area contributed by atoms with Gasteiger partial charge in [0.15, 0.2) is 22.5 Å². The van der Waals surface area contributed by atoms with E-state index in [0.29, 0.717) is 11.5 Å². The van der Waals surface area contributed by atoms with E-state index in [1.807, 2.05) is 35.2 Å². The van der Waals surface area contributed by atoms with Crippen LogP contribution in [-0.4, -0.2) is 32.0 Å². The van der Waals surface area contributed by atoms with Crippen molar-refractivity contribution in [2.24, 2.45) is 7.05 Å². The van der Waals surface area contributed by atoms with E-state index in [-0.39, 0.29) is 5.75 Å². The van der Waals surface area contributed by atoms with Crippen molar-refractivity contribution in [3.8, 4) is 33.5 Å². The van der Waals surface area contributed by atoms with Crippen LogP contribution in [0.4, 0.5) is 0 Å². The van der Waals surface area contributed by atoms with E-state index in [1.54, 1.807) is 35.2 Å². The number of hydrogen-bond acceptors (Lipinski definition) is 7. The van der Waals surface area contributed by atoms with Crippen LogP contribution < -0.4 is 4.74 Å². The Labute approximate surface area is 177 Å². The number of aromatic nitrogens is 4. The second-order valence-electron chi connectivity index (χ2n) is 6.50. The fourth-order valence-corrected chi connectivity index (χ4v) is 4.68. The average Bonchev–Trinajstić information content (AvgIpc) is 3.34. The van der Waals surface area contributed by atoms with Gasteiger partial charge < -0.3 is 14.4 Å². The van der Waals surface area contributed by atoms with Crippen molar-refractivity contribution >= 4 is 23.1 Å². The first-order valence-electron chi connectivity index (χ1n) is 8.97. The highest BCUT2D eigenvalue weighted by Gasteiger charge is 2.14. The van der Waals surface area contributed by atoms with Gasteiger partial charge in [0.2, 0.25) is 0 Å². The van der Waals surface area contributed by atoms with Gasteiger partial charge in [0.25, 0.3) is 0 Å². The Morgan fingerprint density at radius 3 is 2.79 bits per heavy atom. The van der Waals surface area contributed by atoms with Crippen molar-refractivity contribution in [2.75, 3.05) is 7.11 Å². The van der Waals surface area contributed by atoms with Gasteiger partial charge in [-0.3, -0.25) is 0 Å². The number of methoxy groups -OCH3 is 1. The predicted octanol–water partition coefficient (Wildman–Crippen LogP) is 4.92. The second kappa shape index (κ2) is 8.26. The lowest BCUT2D eigenvalue weighted by Gasteiger charge is -2.06. The van der Waals surface area contributed by atoms with E-state index < -0.39 is 0 Å². The van der Waals surface area contributed by atoms with Gasteiger partial charge in [-0.15, -0.1) is 21.5 Å². The van der Waals surface area contributed by atoms with Crippen molar-refractivity contribution in [1.82, 2.24) is 19.7 Å². The molecule has 0 radical (unpaired) electrons. The number of thiazole rings is 1. The first kappa shape index (κ1) is 19.5. The molecule has 0 amide bonds. The van der Waals surface area contributed by atoms with E-state index in [1.165, 1.54) is 12.7 Å². The number of phenolic OH excluding ortho intramolecular Hbond substituents is 1. The SMILES string of the molecule is COc1cc(-c2nc(CSc3nnc(-c4ccccc4C)n3C)cs2)ccc1O. The lowest BCUT2D eigenvalue weighted by molar-refractivity contribution is 0.373. The number of benzene rings is 2. The van der Waals surface area contributed by atoms with Crippen molar-refractivity contribution in [3.05, 3.63) is 59.1 Å². The van der Waals surface area contributed by atoms with Crippen LogP contribution in [0.1, 0.15) is 11.3 Å². The minimum absolute atomic E-state index is 0.121. The van der Waals surface area contributed by atoms with Crippen LogP contribution in [0.2, 0.25) is 0 Å². The number of hydrogen-bond donors (Lipinski definition) is 1. The number of phenols is 1. The number of aromatic hydroxyl groups is 1. The Kier molecular flexibility index (Phi) is 5.55. The van der Waals surface area contributed by atoms with E-state index in [2.05, 4.69) is 29.3 Å². The predicted molar refractivity (Wildman–Crippen MR) is 117 cm³/mol. The van der Waals surface area contributed by atoms with Crippen molar-refractivity contribution < 1.29 is 9.84 Å². The van der Waals surface area contributed by atoms with Gasteiger partial charge in [-0.1, -0.05) is 36.0 Å². The number of thioether (sulfide) groups is 1. The summed E-state index contributed by atoms with van der Waals surface area (Å²) in [5.41, 5.74) is 4.16. The molecule has 0 saturated carbocycles. The minimum Gasteiger partial charge on any atom is -0.504 e. The fourth-order valence-electron chi connectivity index (χ4n) is 2.95. The van der Waals surface area contributed by atoms with Crippen LogP contribution >= 0.6 is 23.1 Å². The highest BCUT2D eigenvalue weighted by molar-refractivity contribution is 7.98. The summed E-state index contributed by atoms with van der Waals surface area (Å²) in [7, 11) is 3.52. The van der Waals surface area contributed by atoms with Crippen LogP contribution in [0, 0.1) is 6.92 Å². The van der Waals surface area contributed by atoms with Crippen molar-refractivity contribution in [2.45, 2.75) is 17.8 Å². The van der Waals surface area contributed by atoms with Gasteiger partial charge in [-0.25, -0.2) is 4.98 Å². The minimum atomic E-state index is 0.121. The molecular formula is C21H20N4O2S2. The molecule has 0 bridgehead atoms. The molecule has 4 rings (SSSR count). The molecule has 0 atom stereocenters. The van der Waals surface area contributed by atoms with E-state index in [4.69, 9.17) is 9.72 Å². The van der Waals surface area contributed by atoms with Gasteiger partial charge in [-0.2, -0.15) is 0 Å². The maximum Gasteiger partial charge on any atom is 0.191 e. The standard InChI is InChI=1S/C21H20N4O2S2/c1-13-6-4-5-7-16(13)19-23-24-21(25(19)2)29-12-15-11-28-20(22-15)14-8-9-17(26)18(10-14)27-3/h4-11,26H,12H2,1-3H3. The number of ether oxygens (including phenoxy) is 1. The Hall–Kier alpha value is -2.84. The third-order valence-corrected chi connectivity index (χ3v) is 6.54. The van der Waals surface area contributed by atoms with Gasteiger partial charge in [0.05, 0.1) is 12.8 Å². The summed E-state index contributed by atoms with van der Waals surface area (Å²) in [6.07, 6.45) is 0. The van der Waals surface area contributed by atoms with Crippen LogP contribution in [0.5, 0.6) is 11.5 Å². The summed E-state index contributed by atoms with van der Waals surface area (Å²) < 4.78 is 7.20. The summed E-state index contributed by atoms with van der Waals surface area (Å²) in [6.45, 7) is 2.08. The average molecular weight is 425 g/mol. The highest BCUT2D eigenvalue weighted by Crippen LogP contribution is 2.34. The van der Waals surface area contributed by atoms with Gasteiger partial charge >= 0.3 is 0 Å². The molecule has 4 aromatic rings. The van der Waals surface area contributed by atoms with Crippen LogP contribution in [0.25, 0.3) is 22.0 Å². The summed E-state index contributed by atoms with van der Waals surface area (Å²) in [6, 6.07) is 13.4. The Balaban J connectivity index is 1.49. The molecule has 8 heteroatoms. The molecule has 0 unspecified atom stereocenters. The van der Waals surface area contributed by atoms with Crippen molar-refractivity contribution in [1.29, 1.82) is 0 Å². The lowest BCUT2D eigenvalue weighted by atomic mass is 10.1. The third kappa shape index (κ3) is 3.99. The summed E-state index contributed by atoms with van der Waals surface area (Å²) >= 11 is 3.18. The zero-order chi connectivity index (χ0) is 20.4. The zero-order valence-electron chi connectivity index (χ0n) is 16.3. The molecule has 0 spiro atoms. The Morgan fingerprint density at radius 2 is 2.00 bits per heavy atom. The number of rotatable bonds is 6. The Morgan fingerprint density at radius 1 is 1.17 bits per heavy atom. The smallest absolute Gasteiger partial charge is 0.191 e. The molecule has 6 nitrogen and oxygen atoms in total. The second-order valence-corrected chi connectivity index (χ2v) is 8.30. The molecular weight excluding hydrogens is 404 g/mol. The third-order valence-electron chi connectivity index (χ3n) is 4.55. The van der Waals surface area contributed by atoms with Gasteiger partial charge in [0, 0.05) is 29.3 Å². The molecule has 0 saturated heterocycles. The molecule has 2 aromatic heterocycles. The summed E-state index contributed by atoms with van der Waals surface area (Å²) in [4.78, 5) is 4.71. The molecule has 0 fully saturated rings. The summed E-state index contributed by atoms with van der Waals surface area (Å²) in [5, 5.41) is 22.3. The molecule has 29 heavy (non-hydrogen) atoms. The molecule has 0 aliphatic carbocycles. The molecule has 0 aliphatic heterocycles. The van der Waals surface area contributed by atoms with Crippen LogP contribution in [0.3, 0.4) is 0 Å². The lowest BCUT2D eigenvalue weighted by Crippen LogP contribution is -1.96. The normalized spacial score (nSPS) is 11.0. The Bertz CT molecular complexity index is 1150. The quantitative estimate of drug-likeness (QED) is 0.443. The van der Waals surface area contributed by atoms with Gasteiger partial charge in [-0.05, 0) is 30.7 Å². The largest absolute Gasteiger partial charge is 0.504 e. The molecule has 0 aliphatic rings. The van der Waals surface area contributed by atoms with Gasteiger partial charge in [0.1, 0.15) is 5.01 Å². The maximum absolute atomic E-state index is 9.76. The van der Waals surface area contributed by atoms with Crippen molar-refractivity contribution in [3.63, 3.8) is 0 Å². The van der Waals surface area contributed by atoms with E-state index in [9.17, 15) is 5.11 Å². The molecule has 2 aromatic carbocycles. The highest BCUT2D eigenvalue weighted by atomic mass is 32.2. The monoisotopic (exact) mass is 424 g/mol. The maximum atomic E-state index is 9.76. The first-order chi connectivity index (χ1) is 14.1. The zero-order valence-corrected chi connectivity index (χ0v) is 17.9. The molecule has 148 valence electrons. The van der Waals surface area contributed by atoms with E-state index in [0.717, 1.165) is 32.8 Å².